The van der Waals surface area contributed by atoms with E-state index in [1.807, 2.05) is 24.3 Å². The van der Waals surface area contributed by atoms with Gasteiger partial charge in [0, 0.05) is 18.9 Å². The van der Waals surface area contributed by atoms with Crippen molar-refractivity contribution >= 4 is 11.7 Å². The first-order chi connectivity index (χ1) is 9.24. The lowest BCUT2D eigenvalue weighted by molar-refractivity contribution is 0.252. The summed E-state index contributed by atoms with van der Waals surface area (Å²) in [6.45, 7) is 0. The first kappa shape index (κ1) is 12.5. The number of para-hydroxylation sites is 1. The van der Waals surface area contributed by atoms with Crippen molar-refractivity contribution in [2.24, 2.45) is 4.99 Å². The quantitative estimate of drug-likeness (QED) is 0.833. The number of rotatable bonds is 1. The van der Waals surface area contributed by atoms with Gasteiger partial charge in [-0.2, -0.15) is 5.26 Å². The molecule has 94 valence electrons. The highest BCUT2D eigenvalue weighted by molar-refractivity contribution is 5.90. The van der Waals surface area contributed by atoms with Crippen LogP contribution in [-0.2, 0) is 0 Å². The number of nitrogens with one attached hydrogen (secondary N) is 1. The van der Waals surface area contributed by atoms with Gasteiger partial charge in [0.25, 0.3) is 0 Å². The molecule has 0 radical (unpaired) electrons. The van der Waals surface area contributed by atoms with Crippen molar-refractivity contribution in [3.63, 3.8) is 0 Å². The van der Waals surface area contributed by atoms with E-state index in [1.54, 1.807) is 12.1 Å². The summed E-state index contributed by atoms with van der Waals surface area (Å²) < 4.78 is 1.20. The molecule has 0 atom stereocenters. The molecule has 6 nitrogen and oxygen atoms in total. The molecule has 0 bridgehead atoms. The van der Waals surface area contributed by atoms with Crippen LogP contribution in [-0.4, -0.2) is 22.6 Å². The standard InChI is InChI=1S/C13H11N5O/c1-15-12-16-8-10(7-14)9-18(12)13(19)17-11-5-3-2-4-6-11/h2-6,8-9H,1H3,(H,17,19)/b15-12-. The summed E-state index contributed by atoms with van der Waals surface area (Å²) in [5, 5.41) is 11.5. The van der Waals surface area contributed by atoms with Gasteiger partial charge in [-0.15, -0.1) is 0 Å². The number of hydrogen-bond donors (Lipinski definition) is 1. The predicted octanol–water partition coefficient (Wildman–Crippen LogP) is 1.37. The zero-order valence-corrected chi connectivity index (χ0v) is 10.2. The zero-order valence-electron chi connectivity index (χ0n) is 10.2. The van der Waals surface area contributed by atoms with Gasteiger partial charge >= 0.3 is 6.03 Å². The fraction of sp³-hybridized carbons (Fsp3) is 0.0769. The maximum absolute atomic E-state index is 12.1. The van der Waals surface area contributed by atoms with Crippen LogP contribution in [0, 0.1) is 11.3 Å². The van der Waals surface area contributed by atoms with Crippen molar-refractivity contribution in [2.45, 2.75) is 0 Å². The Morgan fingerprint density at radius 1 is 1.42 bits per heavy atom. The number of carbonyl (C=O) groups excluding carboxylic acids is 1. The number of hydrogen-bond acceptors (Lipinski definition) is 4. The number of anilines is 1. The zero-order chi connectivity index (χ0) is 13.7. The Morgan fingerprint density at radius 3 is 2.79 bits per heavy atom. The molecule has 0 aliphatic carbocycles. The second-order valence-corrected chi connectivity index (χ2v) is 3.64. The van der Waals surface area contributed by atoms with Gasteiger partial charge in [-0.05, 0) is 12.1 Å². The summed E-state index contributed by atoms with van der Waals surface area (Å²) in [7, 11) is 1.53. The van der Waals surface area contributed by atoms with E-state index in [2.05, 4.69) is 15.3 Å². The number of carbonyl (C=O) groups is 1. The number of benzene rings is 1. The largest absolute Gasteiger partial charge is 0.332 e. The molecular weight excluding hydrogens is 242 g/mol. The van der Waals surface area contributed by atoms with Crippen LogP contribution in [0.3, 0.4) is 0 Å². The summed E-state index contributed by atoms with van der Waals surface area (Å²) in [5.41, 5.74) is 1.17. The van der Waals surface area contributed by atoms with Crippen molar-refractivity contribution in [1.82, 2.24) is 9.55 Å². The Labute approximate surface area is 109 Å². The molecule has 1 N–H and O–H groups in total. The summed E-state index contributed by atoms with van der Waals surface area (Å²) in [6, 6.07) is 10.5. The highest BCUT2D eigenvalue weighted by Gasteiger charge is 2.07. The molecule has 0 aliphatic rings. The molecule has 1 heterocycles. The molecule has 1 amide bonds. The lowest BCUT2D eigenvalue weighted by atomic mass is 10.3. The average Bonchev–Trinajstić information content (AvgIpc) is 2.47. The lowest BCUT2D eigenvalue weighted by Crippen LogP contribution is -2.33. The molecule has 0 spiro atoms. The van der Waals surface area contributed by atoms with Crippen molar-refractivity contribution in [3.05, 3.63) is 53.9 Å². The second-order valence-electron chi connectivity index (χ2n) is 3.64. The molecule has 1 aromatic carbocycles. The molecule has 1 aromatic heterocycles. The van der Waals surface area contributed by atoms with Crippen LogP contribution in [0.2, 0.25) is 0 Å². The number of nitriles is 1. The Morgan fingerprint density at radius 2 is 2.16 bits per heavy atom. The topological polar surface area (TPSA) is 83.1 Å². The number of amides is 1. The molecule has 6 heteroatoms. The van der Waals surface area contributed by atoms with Crippen LogP contribution in [0.4, 0.5) is 10.5 Å². The highest BCUT2D eigenvalue weighted by atomic mass is 16.2. The van der Waals surface area contributed by atoms with Crippen LogP contribution in [0.1, 0.15) is 5.56 Å². The van der Waals surface area contributed by atoms with E-state index in [0.717, 1.165) is 0 Å². The van der Waals surface area contributed by atoms with Crippen molar-refractivity contribution in [2.75, 3.05) is 12.4 Å². The Balaban J connectivity index is 2.36. The summed E-state index contributed by atoms with van der Waals surface area (Å²) in [6.07, 6.45) is 2.77. The minimum atomic E-state index is -0.420. The first-order valence-electron chi connectivity index (χ1n) is 5.52. The van der Waals surface area contributed by atoms with E-state index in [0.29, 0.717) is 5.69 Å². The van der Waals surface area contributed by atoms with Gasteiger partial charge in [-0.25, -0.2) is 14.3 Å². The van der Waals surface area contributed by atoms with Gasteiger partial charge in [0.05, 0.1) is 11.8 Å². The van der Waals surface area contributed by atoms with E-state index >= 15 is 0 Å². The molecule has 0 unspecified atom stereocenters. The molecule has 2 rings (SSSR count). The monoisotopic (exact) mass is 253 g/mol. The lowest BCUT2D eigenvalue weighted by Gasteiger charge is -2.07. The summed E-state index contributed by atoms with van der Waals surface area (Å²) in [4.78, 5) is 19.9. The van der Waals surface area contributed by atoms with Crippen LogP contribution < -0.4 is 10.9 Å². The molecule has 19 heavy (non-hydrogen) atoms. The first-order valence-corrected chi connectivity index (χ1v) is 5.52. The third kappa shape index (κ3) is 2.84. The van der Waals surface area contributed by atoms with E-state index in [4.69, 9.17) is 5.26 Å². The maximum Gasteiger partial charge on any atom is 0.332 e. The van der Waals surface area contributed by atoms with Crippen molar-refractivity contribution in [1.29, 1.82) is 5.26 Å². The maximum atomic E-state index is 12.1. The van der Waals surface area contributed by atoms with Crippen molar-refractivity contribution in [3.8, 4) is 6.07 Å². The second kappa shape index (κ2) is 5.60. The van der Waals surface area contributed by atoms with Gasteiger partial charge in [-0.1, -0.05) is 18.2 Å². The molecule has 0 saturated heterocycles. The minimum absolute atomic E-state index is 0.229. The Bertz CT molecular complexity index is 697. The smallest absolute Gasteiger partial charge is 0.307 e. The molecular formula is C13H11N5O. The van der Waals surface area contributed by atoms with E-state index < -0.39 is 6.03 Å². The molecule has 0 fully saturated rings. The molecule has 0 aliphatic heterocycles. The molecule has 0 saturated carbocycles. The van der Waals surface area contributed by atoms with Gasteiger partial charge in [0.15, 0.2) is 0 Å². The van der Waals surface area contributed by atoms with Crippen LogP contribution >= 0.6 is 0 Å². The molecule has 2 aromatic rings. The van der Waals surface area contributed by atoms with Gasteiger partial charge < -0.3 is 5.32 Å². The van der Waals surface area contributed by atoms with Gasteiger partial charge in [-0.3, -0.25) is 4.99 Å². The SMILES string of the molecule is C/N=c1/ncc(C#N)cn1C(=O)Nc1ccccc1. The van der Waals surface area contributed by atoms with E-state index in [9.17, 15) is 4.79 Å². The minimum Gasteiger partial charge on any atom is -0.307 e. The third-order valence-electron chi connectivity index (χ3n) is 2.38. The third-order valence-corrected chi connectivity index (χ3v) is 2.38. The summed E-state index contributed by atoms with van der Waals surface area (Å²) in [5.74, 6) is 0. The van der Waals surface area contributed by atoms with Gasteiger partial charge in [0.2, 0.25) is 5.62 Å². The number of nitrogens with zero attached hydrogens (tertiary/aromatic N) is 4. The normalized spacial score (nSPS) is 10.8. The average molecular weight is 253 g/mol. The van der Waals surface area contributed by atoms with Crippen LogP contribution in [0.5, 0.6) is 0 Å². The van der Waals surface area contributed by atoms with Gasteiger partial charge in [0.1, 0.15) is 6.07 Å². The predicted molar refractivity (Wildman–Crippen MR) is 69.3 cm³/mol. The Kier molecular flexibility index (Phi) is 3.69. The fourth-order valence-corrected chi connectivity index (χ4v) is 1.50. The van der Waals surface area contributed by atoms with E-state index in [1.165, 1.54) is 24.0 Å². The van der Waals surface area contributed by atoms with Crippen molar-refractivity contribution < 1.29 is 4.79 Å². The Hall–Kier alpha value is -2.94. The van der Waals surface area contributed by atoms with Crippen LogP contribution in [0.15, 0.2) is 47.7 Å². The fourth-order valence-electron chi connectivity index (χ4n) is 1.50. The van der Waals surface area contributed by atoms with E-state index in [-0.39, 0.29) is 11.2 Å². The summed E-state index contributed by atoms with van der Waals surface area (Å²) >= 11 is 0. The highest BCUT2D eigenvalue weighted by Crippen LogP contribution is 2.05. The van der Waals surface area contributed by atoms with Crippen LogP contribution in [0.25, 0.3) is 0 Å². The number of aromatic nitrogens is 2.